The van der Waals surface area contributed by atoms with Crippen LogP contribution in [0.3, 0.4) is 0 Å². The zero-order chi connectivity index (χ0) is 11.5. The van der Waals surface area contributed by atoms with Crippen molar-refractivity contribution in [3.05, 3.63) is 0 Å². The van der Waals surface area contributed by atoms with E-state index >= 15 is 0 Å². The minimum absolute atomic E-state index is 0.0593. The Morgan fingerprint density at radius 2 is 2.13 bits per heavy atom. The van der Waals surface area contributed by atoms with Crippen LogP contribution in [0.5, 0.6) is 0 Å². The van der Waals surface area contributed by atoms with E-state index in [2.05, 4.69) is 29.4 Å². The maximum atomic E-state index is 11.5. The Balaban J connectivity index is 3.54. The zero-order valence-electron chi connectivity index (χ0n) is 10.0. The minimum atomic E-state index is -0.160. The first-order valence-electron chi connectivity index (χ1n) is 5.63. The zero-order valence-corrected chi connectivity index (χ0v) is 10.0. The van der Waals surface area contributed by atoms with Gasteiger partial charge >= 0.3 is 0 Å². The quantitative estimate of drug-likeness (QED) is 0.491. The summed E-state index contributed by atoms with van der Waals surface area (Å²) in [5, 5.41) is 5.93. The Bertz CT molecular complexity index is 228. The SMILES string of the molecule is CC#CCNC(C)C(=O)NCCCCC. The van der Waals surface area contributed by atoms with Crippen LogP contribution in [0, 0.1) is 11.8 Å². The summed E-state index contributed by atoms with van der Waals surface area (Å²) in [6.07, 6.45) is 3.41. The van der Waals surface area contributed by atoms with Gasteiger partial charge in [-0.3, -0.25) is 10.1 Å². The fourth-order valence-electron chi connectivity index (χ4n) is 1.12. The van der Waals surface area contributed by atoms with Crippen LogP contribution in [-0.2, 0) is 4.79 Å². The van der Waals surface area contributed by atoms with Crippen LogP contribution in [0.4, 0.5) is 0 Å². The molecule has 0 rings (SSSR count). The van der Waals surface area contributed by atoms with Gasteiger partial charge in [-0.1, -0.05) is 25.7 Å². The number of rotatable bonds is 7. The number of carbonyl (C=O) groups is 1. The number of unbranched alkanes of at least 4 members (excludes halogenated alkanes) is 2. The van der Waals surface area contributed by atoms with Gasteiger partial charge in [-0.2, -0.15) is 0 Å². The summed E-state index contributed by atoms with van der Waals surface area (Å²) in [6, 6.07) is -0.160. The third-order valence-corrected chi connectivity index (χ3v) is 2.15. The van der Waals surface area contributed by atoms with Crippen molar-refractivity contribution in [3.8, 4) is 11.8 Å². The van der Waals surface area contributed by atoms with Crippen molar-refractivity contribution in [2.45, 2.75) is 46.1 Å². The van der Waals surface area contributed by atoms with Crippen LogP contribution < -0.4 is 10.6 Å². The predicted molar refractivity (Wildman–Crippen MR) is 63.4 cm³/mol. The first-order valence-corrected chi connectivity index (χ1v) is 5.63. The predicted octanol–water partition coefficient (Wildman–Crippen LogP) is 1.29. The summed E-state index contributed by atoms with van der Waals surface area (Å²) < 4.78 is 0. The Labute approximate surface area is 93.0 Å². The van der Waals surface area contributed by atoms with E-state index in [9.17, 15) is 4.79 Å². The fourth-order valence-corrected chi connectivity index (χ4v) is 1.12. The van der Waals surface area contributed by atoms with Crippen LogP contribution in [0.1, 0.15) is 40.0 Å². The molecule has 3 nitrogen and oxygen atoms in total. The van der Waals surface area contributed by atoms with Crippen molar-refractivity contribution in [2.24, 2.45) is 0 Å². The number of amides is 1. The minimum Gasteiger partial charge on any atom is -0.355 e. The topological polar surface area (TPSA) is 41.1 Å². The van der Waals surface area contributed by atoms with Crippen molar-refractivity contribution in [1.82, 2.24) is 10.6 Å². The molecule has 1 atom stereocenters. The lowest BCUT2D eigenvalue weighted by Gasteiger charge is -2.11. The highest BCUT2D eigenvalue weighted by molar-refractivity contribution is 5.81. The molecule has 86 valence electrons. The van der Waals surface area contributed by atoms with Gasteiger partial charge in [-0.15, -0.1) is 5.92 Å². The van der Waals surface area contributed by atoms with Crippen LogP contribution in [0.2, 0.25) is 0 Å². The molecule has 15 heavy (non-hydrogen) atoms. The van der Waals surface area contributed by atoms with Crippen LogP contribution in [-0.4, -0.2) is 25.0 Å². The third-order valence-electron chi connectivity index (χ3n) is 2.15. The summed E-state index contributed by atoms with van der Waals surface area (Å²) in [5.74, 6) is 5.71. The highest BCUT2D eigenvalue weighted by Gasteiger charge is 2.09. The van der Waals surface area contributed by atoms with Gasteiger partial charge in [0.05, 0.1) is 12.6 Å². The van der Waals surface area contributed by atoms with Gasteiger partial charge in [-0.25, -0.2) is 0 Å². The van der Waals surface area contributed by atoms with E-state index in [-0.39, 0.29) is 11.9 Å². The van der Waals surface area contributed by atoms with Gasteiger partial charge in [0.15, 0.2) is 0 Å². The second kappa shape index (κ2) is 9.54. The molecule has 0 aromatic carbocycles. The Kier molecular flexibility index (Phi) is 8.90. The molecule has 0 saturated heterocycles. The summed E-state index contributed by atoms with van der Waals surface area (Å²) in [6.45, 7) is 7.14. The van der Waals surface area contributed by atoms with E-state index < -0.39 is 0 Å². The average Bonchev–Trinajstić information content (AvgIpc) is 2.24. The van der Waals surface area contributed by atoms with Crippen LogP contribution in [0.15, 0.2) is 0 Å². The van der Waals surface area contributed by atoms with Gasteiger partial charge in [0.2, 0.25) is 5.91 Å². The van der Waals surface area contributed by atoms with Gasteiger partial charge in [0.1, 0.15) is 0 Å². The molecule has 0 spiro atoms. The van der Waals surface area contributed by atoms with E-state index in [1.165, 1.54) is 12.8 Å². The molecule has 0 fully saturated rings. The lowest BCUT2D eigenvalue weighted by molar-refractivity contribution is -0.122. The number of carbonyl (C=O) groups excluding carboxylic acids is 1. The Hall–Kier alpha value is -1.01. The molecule has 0 aliphatic carbocycles. The molecule has 0 aromatic rings. The largest absolute Gasteiger partial charge is 0.355 e. The number of hydrogen-bond donors (Lipinski definition) is 2. The lowest BCUT2D eigenvalue weighted by Crippen LogP contribution is -2.42. The number of nitrogens with one attached hydrogen (secondary N) is 2. The van der Waals surface area contributed by atoms with Crippen molar-refractivity contribution in [2.75, 3.05) is 13.1 Å². The fraction of sp³-hybridized carbons (Fsp3) is 0.750. The van der Waals surface area contributed by atoms with Crippen LogP contribution in [0.25, 0.3) is 0 Å². The molecule has 0 aliphatic heterocycles. The highest BCUT2D eigenvalue weighted by Crippen LogP contribution is 1.91. The second-order valence-corrected chi connectivity index (χ2v) is 3.53. The van der Waals surface area contributed by atoms with E-state index in [1.54, 1.807) is 6.92 Å². The highest BCUT2D eigenvalue weighted by atomic mass is 16.2. The Morgan fingerprint density at radius 3 is 2.73 bits per heavy atom. The maximum Gasteiger partial charge on any atom is 0.236 e. The van der Waals surface area contributed by atoms with E-state index in [4.69, 9.17) is 0 Å². The van der Waals surface area contributed by atoms with Gasteiger partial charge in [0.25, 0.3) is 0 Å². The van der Waals surface area contributed by atoms with Crippen molar-refractivity contribution >= 4 is 5.91 Å². The smallest absolute Gasteiger partial charge is 0.236 e. The molecule has 0 radical (unpaired) electrons. The summed E-state index contributed by atoms with van der Waals surface area (Å²) >= 11 is 0. The van der Waals surface area contributed by atoms with Crippen molar-refractivity contribution < 1.29 is 4.79 Å². The summed E-state index contributed by atoms with van der Waals surface area (Å²) in [7, 11) is 0. The Morgan fingerprint density at radius 1 is 1.40 bits per heavy atom. The molecular weight excluding hydrogens is 188 g/mol. The molecule has 0 aliphatic rings. The molecule has 2 N–H and O–H groups in total. The normalized spacial score (nSPS) is 11.4. The van der Waals surface area contributed by atoms with Gasteiger partial charge in [0, 0.05) is 6.54 Å². The third kappa shape index (κ3) is 8.02. The maximum absolute atomic E-state index is 11.5. The molecule has 1 amide bonds. The lowest BCUT2D eigenvalue weighted by atomic mass is 10.2. The van der Waals surface area contributed by atoms with E-state index in [0.29, 0.717) is 6.54 Å². The molecular formula is C12H22N2O. The number of hydrogen-bond acceptors (Lipinski definition) is 2. The van der Waals surface area contributed by atoms with E-state index in [0.717, 1.165) is 13.0 Å². The first kappa shape index (κ1) is 14.0. The monoisotopic (exact) mass is 210 g/mol. The molecule has 0 aromatic heterocycles. The standard InChI is InChI=1S/C12H22N2O/c1-4-6-8-10-14-12(15)11(3)13-9-7-5-2/h11,13H,4,6,8-10H2,1-3H3,(H,14,15). The molecule has 0 saturated carbocycles. The average molecular weight is 210 g/mol. The molecule has 0 heterocycles. The van der Waals surface area contributed by atoms with Gasteiger partial charge < -0.3 is 5.32 Å². The van der Waals surface area contributed by atoms with Crippen molar-refractivity contribution in [3.63, 3.8) is 0 Å². The van der Waals surface area contributed by atoms with Crippen LogP contribution >= 0.6 is 0 Å². The summed E-state index contributed by atoms with van der Waals surface area (Å²) in [5.41, 5.74) is 0. The van der Waals surface area contributed by atoms with E-state index in [1.807, 2.05) is 6.92 Å². The van der Waals surface area contributed by atoms with Gasteiger partial charge in [-0.05, 0) is 20.3 Å². The van der Waals surface area contributed by atoms with Crippen molar-refractivity contribution in [1.29, 1.82) is 0 Å². The first-order chi connectivity index (χ1) is 7.22. The summed E-state index contributed by atoms with van der Waals surface area (Å²) in [4.78, 5) is 11.5. The second-order valence-electron chi connectivity index (χ2n) is 3.53. The molecule has 1 unspecified atom stereocenters. The molecule has 3 heteroatoms. The molecule has 0 bridgehead atoms.